The average molecular weight is 334 g/mol. The lowest BCUT2D eigenvalue weighted by Gasteiger charge is -2.24. The summed E-state index contributed by atoms with van der Waals surface area (Å²) in [6.45, 7) is 5.06. The van der Waals surface area contributed by atoms with Crippen molar-refractivity contribution in [3.8, 4) is 0 Å². The van der Waals surface area contributed by atoms with Gasteiger partial charge in [0, 0.05) is 17.9 Å². The van der Waals surface area contributed by atoms with E-state index < -0.39 is 0 Å². The molecule has 2 N–H and O–H groups in total. The number of fused-ring (bicyclic) bond motifs is 1. The lowest BCUT2D eigenvalue weighted by atomic mass is 9.99. The van der Waals surface area contributed by atoms with Crippen LogP contribution in [-0.4, -0.2) is 23.6 Å². The maximum Gasteiger partial charge on any atom is 0.238 e. The largest absolute Gasteiger partial charge is 0.356 e. The first-order chi connectivity index (χ1) is 11.1. The summed E-state index contributed by atoms with van der Waals surface area (Å²) >= 11 is 1.47. The van der Waals surface area contributed by atoms with Crippen LogP contribution in [0.1, 0.15) is 46.0 Å². The van der Waals surface area contributed by atoms with Crippen LogP contribution in [0.3, 0.4) is 0 Å². The van der Waals surface area contributed by atoms with Gasteiger partial charge < -0.3 is 10.6 Å². The number of para-hydroxylation sites is 1. The van der Waals surface area contributed by atoms with Gasteiger partial charge in [-0.05, 0) is 24.5 Å². The topological polar surface area (TPSA) is 58.2 Å². The maximum atomic E-state index is 12.2. The highest BCUT2D eigenvalue weighted by Gasteiger charge is 2.28. The Kier molecular flexibility index (Phi) is 6.96. The molecule has 0 fully saturated rings. The number of carbonyl (C=O) groups is 2. The first-order valence-electron chi connectivity index (χ1n) is 8.47. The normalized spacial score (nSPS) is 18.0. The zero-order chi connectivity index (χ0) is 16.7. The van der Waals surface area contributed by atoms with Crippen molar-refractivity contribution in [1.29, 1.82) is 0 Å². The average Bonchev–Trinajstić information content (AvgIpc) is 2.55. The summed E-state index contributed by atoms with van der Waals surface area (Å²) in [7, 11) is 0. The third-order valence-electron chi connectivity index (χ3n) is 4.21. The van der Waals surface area contributed by atoms with Crippen molar-refractivity contribution in [3.05, 3.63) is 24.3 Å². The molecule has 1 heterocycles. The van der Waals surface area contributed by atoms with Gasteiger partial charge in [-0.3, -0.25) is 9.59 Å². The number of anilines is 1. The van der Waals surface area contributed by atoms with E-state index >= 15 is 0 Å². The number of carbonyl (C=O) groups excluding carboxylic acids is 2. The minimum Gasteiger partial charge on any atom is -0.356 e. The summed E-state index contributed by atoms with van der Waals surface area (Å²) in [5.41, 5.74) is 0.838. The molecular formula is C18H26N2O2S. The Bertz CT molecular complexity index is 548. The third kappa shape index (κ3) is 5.27. The Morgan fingerprint density at radius 1 is 1.35 bits per heavy atom. The number of benzene rings is 1. The summed E-state index contributed by atoms with van der Waals surface area (Å²) in [5.74, 6) is 0.418. The zero-order valence-corrected chi connectivity index (χ0v) is 14.7. The monoisotopic (exact) mass is 334 g/mol. The summed E-state index contributed by atoms with van der Waals surface area (Å²) in [4.78, 5) is 25.3. The van der Waals surface area contributed by atoms with E-state index in [1.807, 2.05) is 24.3 Å². The maximum absolute atomic E-state index is 12.2. The van der Waals surface area contributed by atoms with E-state index in [1.54, 1.807) is 0 Å². The van der Waals surface area contributed by atoms with Crippen molar-refractivity contribution in [3.63, 3.8) is 0 Å². The summed E-state index contributed by atoms with van der Waals surface area (Å²) in [6, 6.07) is 7.70. The Morgan fingerprint density at radius 2 is 2.13 bits per heavy atom. The van der Waals surface area contributed by atoms with Crippen molar-refractivity contribution in [1.82, 2.24) is 5.32 Å². The minimum absolute atomic E-state index is 0.0352. The Labute approximate surface area is 142 Å². The van der Waals surface area contributed by atoms with Crippen LogP contribution >= 0.6 is 11.8 Å². The quantitative estimate of drug-likeness (QED) is 0.760. The molecule has 1 aliphatic rings. The van der Waals surface area contributed by atoms with Gasteiger partial charge in [-0.1, -0.05) is 45.2 Å². The van der Waals surface area contributed by atoms with E-state index in [0.717, 1.165) is 23.4 Å². The van der Waals surface area contributed by atoms with Gasteiger partial charge in [0.15, 0.2) is 0 Å². The van der Waals surface area contributed by atoms with Gasteiger partial charge in [0.1, 0.15) is 0 Å². The second-order valence-electron chi connectivity index (χ2n) is 6.02. The number of hydrogen-bond acceptors (Lipinski definition) is 3. The lowest BCUT2D eigenvalue weighted by Crippen LogP contribution is -2.36. The molecule has 0 saturated heterocycles. The van der Waals surface area contributed by atoms with Crippen LogP contribution in [0.2, 0.25) is 0 Å². The summed E-state index contributed by atoms with van der Waals surface area (Å²) in [6.07, 6.45) is 4.84. The molecule has 1 aliphatic heterocycles. The molecule has 2 amide bonds. The van der Waals surface area contributed by atoms with Crippen LogP contribution in [0.15, 0.2) is 29.2 Å². The third-order valence-corrected chi connectivity index (χ3v) is 5.48. The van der Waals surface area contributed by atoms with Crippen molar-refractivity contribution >= 4 is 29.3 Å². The molecule has 0 spiro atoms. The lowest BCUT2D eigenvalue weighted by molar-refractivity contribution is -0.124. The molecule has 0 radical (unpaired) electrons. The zero-order valence-electron chi connectivity index (χ0n) is 13.9. The molecule has 5 heteroatoms. The highest BCUT2D eigenvalue weighted by Crippen LogP contribution is 2.36. The molecule has 2 atom stereocenters. The Hall–Kier alpha value is -1.49. The molecule has 1 aromatic rings. The first-order valence-corrected chi connectivity index (χ1v) is 9.35. The van der Waals surface area contributed by atoms with E-state index in [2.05, 4.69) is 24.5 Å². The van der Waals surface area contributed by atoms with Crippen LogP contribution < -0.4 is 10.6 Å². The predicted molar refractivity (Wildman–Crippen MR) is 95.6 cm³/mol. The second-order valence-corrected chi connectivity index (χ2v) is 7.26. The van der Waals surface area contributed by atoms with Crippen LogP contribution in [0.4, 0.5) is 5.69 Å². The molecule has 1 aromatic carbocycles. The number of thioether (sulfide) groups is 1. The van der Waals surface area contributed by atoms with Gasteiger partial charge >= 0.3 is 0 Å². The fourth-order valence-corrected chi connectivity index (χ4v) is 3.78. The number of amides is 2. The summed E-state index contributed by atoms with van der Waals surface area (Å²) in [5, 5.41) is 5.53. The molecular weight excluding hydrogens is 308 g/mol. The molecule has 2 unspecified atom stereocenters. The van der Waals surface area contributed by atoms with Crippen molar-refractivity contribution in [2.45, 2.75) is 56.1 Å². The molecule has 23 heavy (non-hydrogen) atoms. The SMILES string of the molecule is CCCCC(CC)CNC(=O)CC1Sc2ccccc2NC1=O. The molecule has 126 valence electrons. The number of hydrogen-bond donors (Lipinski definition) is 2. The highest BCUT2D eigenvalue weighted by molar-refractivity contribution is 8.01. The predicted octanol–water partition coefficient (Wildman–Crippen LogP) is 3.82. The standard InChI is InChI=1S/C18H26N2O2S/c1-3-5-8-13(4-2)12-19-17(21)11-16-18(22)20-14-9-6-7-10-15(14)23-16/h6-7,9-10,13,16H,3-5,8,11-12H2,1-2H3,(H,19,21)(H,20,22). The second kappa shape index (κ2) is 8.96. The van der Waals surface area contributed by atoms with E-state index in [1.165, 1.54) is 24.6 Å². The van der Waals surface area contributed by atoms with Gasteiger partial charge in [0.05, 0.1) is 10.9 Å². The van der Waals surface area contributed by atoms with Gasteiger partial charge in [0.25, 0.3) is 0 Å². The van der Waals surface area contributed by atoms with E-state index in [0.29, 0.717) is 12.5 Å². The van der Waals surface area contributed by atoms with E-state index in [4.69, 9.17) is 0 Å². The Balaban J connectivity index is 1.82. The number of nitrogens with one attached hydrogen (secondary N) is 2. The van der Waals surface area contributed by atoms with E-state index in [9.17, 15) is 9.59 Å². The molecule has 0 aromatic heterocycles. The molecule has 4 nitrogen and oxygen atoms in total. The minimum atomic E-state index is -0.347. The van der Waals surface area contributed by atoms with Gasteiger partial charge in [-0.2, -0.15) is 0 Å². The van der Waals surface area contributed by atoms with Crippen LogP contribution in [0, 0.1) is 5.92 Å². The van der Waals surface area contributed by atoms with Crippen molar-refractivity contribution in [2.75, 3.05) is 11.9 Å². The fraction of sp³-hybridized carbons (Fsp3) is 0.556. The van der Waals surface area contributed by atoms with Gasteiger partial charge in [-0.25, -0.2) is 0 Å². The van der Waals surface area contributed by atoms with Crippen LogP contribution in [0.25, 0.3) is 0 Å². The van der Waals surface area contributed by atoms with E-state index in [-0.39, 0.29) is 23.5 Å². The molecule has 0 aliphatic carbocycles. The first kappa shape index (κ1) is 17.9. The summed E-state index contributed by atoms with van der Waals surface area (Å²) < 4.78 is 0. The number of rotatable bonds is 8. The van der Waals surface area contributed by atoms with Crippen LogP contribution in [0.5, 0.6) is 0 Å². The molecule has 0 saturated carbocycles. The molecule has 2 rings (SSSR count). The van der Waals surface area contributed by atoms with Crippen molar-refractivity contribution in [2.24, 2.45) is 5.92 Å². The van der Waals surface area contributed by atoms with Crippen molar-refractivity contribution < 1.29 is 9.59 Å². The Morgan fingerprint density at radius 3 is 2.87 bits per heavy atom. The highest BCUT2D eigenvalue weighted by atomic mass is 32.2. The number of unbranched alkanes of at least 4 members (excludes halogenated alkanes) is 1. The van der Waals surface area contributed by atoms with Gasteiger partial charge in [0.2, 0.25) is 11.8 Å². The molecule has 0 bridgehead atoms. The van der Waals surface area contributed by atoms with Crippen LogP contribution in [-0.2, 0) is 9.59 Å². The van der Waals surface area contributed by atoms with Gasteiger partial charge in [-0.15, -0.1) is 11.8 Å². The smallest absolute Gasteiger partial charge is 0.238 e. The fourth-order valence-electron chi connectivity index (χ4n) is 2.67.